The lowest BCUT2D eigenvalue weighted by Crippen LogP contribution is -2.37. The number of aliphatic imine (C=N–C) groups is 1. The summed E-state index contributed by atoms with van der Waals surface area (Å²) in [6, 6.07) is 6.13. The van der Waals surface area contributed by atoms with Gasteiger partial charge in [0, 0.05) is 16.7 Å². The zero-order valence-electron chi connectivity index (χ0n) is 18.7. The maximum Gasteiger partial charge on any atom is 0.432 e. The molecule has 182 valence electrons. The number of halogens is 5. The van der Waals surface area contributed by atoms with Crippen molar-refractivity contribution in [1.29, 1.82) is 0 Å². The van der Waals surface area contributed by atoms with E-state index in [1.54, 1.807) is 6.92 Å². The van der Waals surface area contributed by atoms with Gasteiger partial charge >= 0.3 is 6.18 Å². The zero-order valence-corrected chi connectivity index (χ0v) is 19.5. The first-order valence-corrected chi connectivity index (χ1v) is 10.9. The second-order valence-electron chi connectivity index (χ2n) is 8.24. The van der Waals surface area contributed by atoms with Gasteiger partial charge in [0.25, 0.3) is 5.91 Å². The van der Waals surface area contributed by atoms with Crippen molar-refractivity contribution < 1.29 is 22.4 Å². The number of anilines is 1. The number of guanidine groups is 1. The van der Waals surface area contributed by atoms with Gasteiger partial charge in [0.2, 0.25) is 5.96 Å². The van der Waals surface area contributed by atoms with Gasteiger partial charge in [0.05, 0.1) is 6.04 Å². The maximum atomic E-state index is 14.1. The minimum absolute atomic E-state index is 0.122. The molecule has 1 atom stereocenters. The Morgan fingerprint density at radius 2 is 1.79 bits per heavy atom. The number of carbonyl (C=O) groups excluding carboxylic acids is 1. The molecule has 2 aromatic rings. The molecule has 0 saturated heterocycles. The predicted molar refractivity (Wildman–Crippen MR) is 123 cm³/mol. The third-order valence-electron chi connectivity index (χ3n) is 5.10. The molecule has 0 radical (unpaired) electrons. The number of hydrogen-bond acceptors (Lipinski definition) is 3. The van der Waals surface area contributed by atoms with Crippen LogP contribution in [0.1, 0.15) is 55.2 Å². The first kappa shape index (κ1) is 25.5. The van der Waals surface area contributed by atoms with Gasteiger partial charge in [-0.05, 0) is 56.9 Å². The highest BCUT2D eigenvalue weighted by Gasteiger charge is 2.33. The summed E-state index contributed by atoms with van der Waals surface area (Å²) in [5.74, 6) is -0.900. The molecule has 0 spiro atoms. The Balaban J connectivity index is 1.86. The van der Waals surface area contributed by atoms with Crippen molar-refractivity contribution in [1.82, 2.24) is 15.5 Å². The summed E-state index contributed by atoms with van der Waals surface area (Å²) in [6.45, 7) is 4.54. The minimum Gasteiger partial charge on any atom is -0.309 e. The highest BCUT2D eigenvalue weighted by Crippen LogP contribution is 2.29. The topological polar surface area (TPSA) is 82.2 Å². The monoisotopic (exact) mass is 497 g/mol. The largest absolute Gasteiger partial charge is 0.432 e. The average Bonchev–Trinajstić information content (AvgIpc) is 3.22. The van der Waals surface area contributed by atoms with E-state index in [0.717, 1.165) is 24.5 Å². The smallest absolute Gasteiger partial charge is 0.309 e. The number of aromatic nitrogens is 2. The maximum absolute atomic E-state index is 14.1. The molecule has 34 heavy (non-hydrogen) atoms. The molecule has 0 aliphatic heterocycles. The molecule has 0 fully saturated rings. The molecule has 1 amide bonds. The lowest BCUT2D eigenvalue weighted by Gasteiger charge is -2.18. The number of nitrogens with zero attached hydrogens (tertiary/aromatic N) is 2. The van der Waals surface area contributed by atoms with Crippen molar-refractivity contribution in [3.63, 3.8) is 0 Å². The summed E-state index contributed by atoms with van der Waals surface area (Å²) < 4.78 is 52.9. The minimum atomic E-state index is -4.61. The Bertz CT molecular complexity index is 1130. The van der Waals surface area contributed by atoms with Gasteiger partial charge in [-0.25, -0.2) is 9.38 Å². The number of alkyl halides is 4. The number of carbonyl (C=O) groups is 1. The van der Waals surface area contributed by atoms with Crippen LogP contribution in [0, 0.1) is 0 Å². The molecule has 1 aliphatic rings. The Morgan fingerprint density at radius 3 is 2.35 bits per heavy atom. The summed E-state index contributed by atoms with van der Waals surface area (Å²) in [6.07, 6.45) is 0.722. The highest BCUT2D eigenvalue weighted by molar-refractivity contribution is 6.32. The second-order valence-corrected chi connectivity index (χ2v) is 8.64. The van der Waals surface area contributed by atoms with E-state index in [0.29, 0.717) is 10.6 Å². The summed E-state index contributed by atoms with van der Waals surface area (Å²) >= 11 is 6.27. The molecule has 1 unspecified atom stereocenters. The molecule has 1 aromatic heterocycles. The molecular formula is C23H24ClF4N5O. The third kappa shape index (κ3) is 6.47. The number of H-pyrrole nitrogens is 1. The van der Waals surface area contributed by atoms with Crippen molar-refractivity contribution >= 4 is 29.3 Å². The molecule has 0 bridgehead atoms. The number of rotatable bonds is 5. The van der Waals surface area contributed by atoms with Crippen molar-refractivity contribution in [3.8, 4) is 0 Å². The standard InChI is InChI=1S/C23H24ClF4N5O/c1-13(16-6-4-5-7-17(16)24)29-21(30-19-12-18(32-33-19)23(26,27)28)31-20(34)14-8-10-15(11-9-14)22(2,3)25/h6-13H,4-5H2,1-3H3,(H3,29,30,31,32,33,34). The third-order valence-corrected chi connectivity index (χ3v) is 5.47. The number of aromatic amines is 1. The van der Waals surface area contributed by atoms with Crippen LogP contribution in [0.25, 0.3) is 0 Å². The Morgan fingerprint density at radius 1 is 1.15 bits per heavy atom. The Labute approximate surface area is 199 Å². The average molecular weight is 498 g/mol. The van der Waals surface area contributed by atoms with Crippen LogP contribution in [0.2, 0.25) is 0 Å². The van der Waals surface area contributed by atoms with Crippen LogP contribution >= 0.6 is 11.6 Å². The van der Waals surface area contributed by atoms with Gasteiger partial charge in [0.1, 0.15) is 11.4 Å². The number of nitrogens with one attached hydrogen (secondary N) is 3. The summed E-state index contributed by atoms with van der Waals surface area (Å²) in [5.41, 5.74) is -1.29. The normalized spacial score (nSPS) is 15.9. The Hall–Kier alpha value is -3.14. The zero-order chi connectivity index (χ0) is 25.1. The molecule has 1 heterocycles. The van der Waals surface area contributed by atoms with Crippen LogP contribution in [0.15, 0.2) is 58.1 Å². The highest BCUT2D eigenvalue weighted by atomic mass is 35.5. The van der Waals surface area contributed by atoms with Crippen LogP contribution in [-0.4, -0.2) is 28.1 Å². The second kappa shape index (κ2) is 10.0. The molecule has 0 saturated carbocycles. The van der Waals surface area contributed by atoms with E-state index in [4.69, 9.17) is 11.6 Å². The van der Waals surface area contributed by atoms with Gasteiger partial charge in [-0.2, -0.15) is 18.3 Å². The van der Waals surface area contributed by atoms with E-state index in [9.17, 15) is 22.4 Å². The SMILES string of the molecule is CC(N=C(NC(=O)c1ccc(C(C)(C)F)cc1)Nc1cc(C(F)(F)F)[nH]n1)C1=CCCC=C1Cl. The first-order chi connectivity index (χ1) is 15.8. The summed E-state index contributed by atoms with van der Waals surface area (Å²) in [4.78, 5) is 17.2. The Kier molecular flexibility index (Phi) is 7.50. The van der Waals surface area contributed by atoms with Gasteiger partial charge < -0.3 is 5.32 Å². The first-order valence-electron chi connectivity index (χ1n) is 10.5. The van der Waals surface area contributed by atoms with E-state index < -0.39 is 29.5 Å². The molecule has 11 heteroatoms. The molecule has 1 aliphatic carbocycles. The van der Waals surface area contributed by atoms with Crippen molar-refractivity contribution in [2.45, 2.75) is 51.5 Å². The summed E-state index contributed by atoms with van der Waals surface area (Å²) in [5, 5.41) is 11.2. The van der Waals surface area contributed by atoms with Gasteiger partial charge in [-0.1, -0.05) is 35.9 Å². The van der Waals surface area contributed by atoms with Gasteiger partial charge in [0.15, 0.2) is 5.82 Å². The number of allylic oxidation sites excluding steroid dienone is 2. The van der Waals surface area contributed by atoms with Crippen LogP contribution in [0.3, 0.4) is 0 Å². The molecule has 3 N–H and O–H groups in total. The van der Waals surface area contributed by atoms with Gasteiger partial charge in [-0.15, -0.1) is 0 Å². The fourth-order valence-corrected chi connectivity index (χ4v) is 3.59. The fourth-order valence-electron chi connectivity index (χ4n) is 3.24. The number of hydrogen-bond donors (Lipinski definition) is 3. The van der Waals surface area contributed by atoms with Crippen molar-refractivity contribution in [2.75, 3.05) is 5.32 Å². The van der Waals surface area contributed by atoms with Crippen LogP contribution in [0.5, 0.6) is 0 Å². The molecule has 1 aromatic carbocycles. The van der Waals surface area contributed by atoms with Crippen LogP contribution in [0.4, 0.5) is 23.4 Å². The van der Waals surface area contributed by atoms with Crippen LogP contribution in [-0.2, 0) is 11.8 Å². The van der Waals surface area contributed by atoms with E-state index in [2.05, 4.69) is 20.7 Å². The number of benzene rings is 1. The van der Waals surface area contributed by atoms with E-state index in [-0.39, 0.29) is 17.3 Å². The van der Waals surface area contributed by atoms with E-state index >= 15 is 0 Å². The predicted octanol–water partition coefficient (Wildman–Crippen LogP) is 6.06. The molecule has 3 rings (SSSR count). The van der Waals surface area contributed by atoms with Crippen molar-refractivity contribution in [3.05, 3.63) is 69.9 Å². The van der Waals surface area contributed by atoms with Crippen LogP contribution < -0.4 is 10.6 Å². The lowest BCUT2D eigenvalue weighted by atomic mass is 9.99. The van der Waals surface area contributed by atoms with E-state index in [1.807, 2.05) is 17.3 Å². The lowest BCUT2D eigenvalue weighted by molar-refractivity contribution is -0.141. The van der Waals surface area contributed by atoms with Gasteiger partial charge in [-0.3, -0.25) is 15.2 Å². The number of amides is 1. The molecule has 6 nitrogen and oxygen atoms in total. The van der Waals surface area contributed by atoms with E-state index in [1.165, 1.54) is 38.1 Å². The quantitative estimate of drug-likeness (QED) is 0.267. The molecular weight excluding hydrogens is 474 g/mol. The van der Waals surface area contributed by atoms with Crippen molar-refractivity contribution in [2.24, 2.45) is 4.99 Å². The summed E-state index contributed by atoms with van der Waals surface area (Å²) in [7, 11) is 0. The fraction of sp³-hybridized carbons (Fsp3) is 0.348.